The van der Waals surface area contributed by atoms with E-state index in [0.717, 1.165) is 0 Å². The zero-order chi connectivity index (χ0) is 18.3. The summed E-state index contributed by atoms with van der Waals surface area (Å²) in [5.74, 6) is 0.443. The van der Waals surface area contributed by atoms with Gasteiger partial charge in [-0.2, -0.15) is 5.10 Å². The van der Waals surface area contributed by atoms with E-state index >= 15 is 0 Å². The maximum absolute atomic E-state index is 12.1. The third-order valence-corrected chi connectivity index (χ3v) is 2.92. The molecule has 0 fully saturated rings. The fourth-order valence-electron chi connectivity index (χ4n) is 1.92. The highest BCUT2D eigenvalue weighted by Gasteiger charge is 2.14. The fraction of sp³-hybridized carbons (Fsp3) is 0.471. The van der Waals surface area contributed by atoms with Crippen molar-refractivity contribution in [2.45, 2.75) is 39.7 Å². The topological polar surface area (TPSA) is 89.0 Å². The first-order chi connectivity index (χ1) is 11.2. The van der Waals surface area contributed by atoms with Crippen LogP contribution in [0.15, 0.2) is 23.3 Å². The van der Waals surface area contributed by atoms with Gasteiger partial charge in [0.15, 0.2) is 11.5 Å². The lowest BCUT2D eigenvalue weighted by Gasteiger charge is -2.20. The molecule has 0 saturated carbocycles. The molecule has 2 amide bonds. The number of rotatable bonds is 6. The van der Waals surface area contributed by atoms with Crippen molar-refractivity contribution >= 4 is 17.5 Å². The second-order valence-corrected chi connectivity index (χ2v) is 6.33. The van der Waals surface area contributed by atoms with E-state index in [-0.39, 0.29) is 17.9 Å². The van der Waals surface area contributed by atoms with E-state index in [0.29, 0.717) is 22.8 Å². The van der Waals surface area contributed by atoms with Gasteiger partial charge in [0.25, 0.3) is 5.91 Å². The molecule has 0 bridgehead atoms. The largest absolute Gasteiger partial charge is 0.493 e. The molecular formula is C17H25N3O4. The molecule has 0 aliphatic rings. The first-order valence-corrected chi connectivity index (χ1v) is 7.53. The third-order valence-electron chi connectivity index (χ3n) is 2.92. The molecule has 1 rings (SSSR count). The molecule has 0 aromatic heterocycles. The predicted molar refractivity (Wildman–Crippen MR) is 92.6 cm³/mol. The molecule has 24 heavy (non-hydrogen) atoms. The van der Waals surface area contributed by atoms with Crippen LogP contribution in [0.5, 0.6) is 11.5 Å². The Morgan fingerprint density at radius 1 is 1.12 bits per heavy atom. The van der Waals surface area contributed by atoms with Gasteiger partial charge in [-0.3, -0.25) is 9.59 Å². The van der Waals surface area contributed by atoms with Crippen molar-refractivity contribution in [1.82, 2.24) is 10.7 Å². The van der Waals surface area contributed by atoms with Gasteiger partial charge in [0, 0.05) is 16.8 Å². The normalized spacial score (nSPS) is 11.7. The van der Waals surface area contributed by atoms with Gasteiger partial charge in [0.05, 0.1) is 20.6 Å². The number of nitrogens with one attached hydrogen (secondary N) is 2. The molecule has 0 radical (unpaired) electrons. The summed E-state index contributed by atoms with van der Waals surface area (Å²) in [7, 11) is 3.02. The standard InChI is InChI=1S/C17H25N3O4/c1-11(9-15(21)18-17(2,3)4)19-20-16(22)12-7-8-13(23-5)14(10-12)24-6/h7-8,10H,9H2,1-6H3,(H,18,21)(H,20,22). The van der Waals surface area contributed by atoms with Crippen LogP contribution < -0.4 is 20.2 Å². The van der Waals surface area contributed by atoms with E-state index in [9.17, 15) is 9.59 Å². The van der Waals surface area contributed by atoms with Gasteiger partial charge in [-0.1, -0.05) is 0 Å². The first kappa shape index (κ1) is 19.5. The quantitative estimate of drug-likeness (QED) is 0.615. The smallest absolute Gasteiger partial charge is 0.271 e. The third kappa shape index (κ3) is 6.28. The summed E-state index contributed by atoms with van der Waals surface area (Å²) in [4.78, 5) is 23.9. The number of ether oxygens (including phenoxy) is 2. The molecule has 1 aromatic rings. The summed E-state index contributed by atoms with van der Waals surface area (Å²) in [6, 6.07) is 4.81. The Morgan fingerprint density at radius 3 is 2.29 bits per heavy atom. The molecule has 0 saturated heterocycles. The van der Waals surface area contributed by atoms with Crippen molar-refractivity contribution in [2.24, 2.45) is 5.10 Å². The molecule has 0 aliphatic heterocycles. The maximum Gasteiger partial charge on any atom is 0.271 e. The molecular weight excluding hydrogens is 310 g/mol. The summed E-state index contributed by atoms with van der Waals surface area (Å²) in [5.41, 5.74) is 3.01. The Bertz CT molecular complexity index is 633. The van der Waals surface area contributed by atoms with E-state index in [4.69, 9.17) is 9.47 Å². The number of hydrazone groups is 1. The first-order valence-electron chi connectivity index (χ1n) is 7.53. The van der Waals surface area contributed by atoms with Crippen LogP contribution in [0, 0.1) is 0 Å². The molecule has 0 spiro atoms. The van der Waals surface area contributed by atoms with Crippen LogP contribution in [0.1, 0.15) is 44.5 Å². The minimum Gasteiger partial charge on any atom is -0.493 e. The number of hydrogen-bond donors (Lipinski definition) is 2. The summed E-state index contributed by atoms with van der Waals surface area (Å²) >= 11 is 0. The summed E-state index contributed by atoms with van der Waals surface area (Å²) in [6.07, 6.45) is 0.115. The van der Waals surface area contributed by atoms with Crippen molar-refractivity contribution in [3.05, 3.63) is 23.8 Å². The summed E-state index contributed by atoms with van der Waals surface area (Å²) < 4.78 is 10.3. The van der Waals surface area contributed by atoms with Gasteiger partial charge in [-0.25, -0.2) is 5.43 Å². The number of nitrogens with zero attached hydrogens (tertiary/aromatic N) is 1. The van der Waals surface area contributed by atoms with E-state index in [1.165, 1.54) is 14.2 Å². The highest BCUT2D eigenvalue weighted by atomic mass is 16.5. The number of amides is 2. The van der Waals surface area contributed by atoms with Crippen LogP contribution in [0.3, 0.4) is 0 Å². The summed E-state index contributed by atoms with van der Waals surface area (Å²) in [5, 5.41) is 6.79. The number of carbonyl (C=O) groups excluding carboxylic acids is 2. The Morgan fingerprint density at radius 2 is 1.75 bits per heavy atom. The van der Waals surface area contributed by atoms with Crippen molar-refractivity contribution in [3.8, 4) is 11.5 Å². The predicted octanol–water partition coefficient (Wildman–Crippen LogP) is 2.11. The van der Waals surface area contributed by atoms with Gasteiger partial charge in [0.2, 0.25) is 5.91 Å². The van der Waals surface area contributed by atoms with E-state index in [1.54, 1.807) is 25.1 Å². The van der Waals surface area contributed by atoms with Gasteiger partial charge >= 0.3 is 0 Å². The van der Waals surface area contributed by atoms with Crippen LogP contribution in [0.2, 0.25) is 0 Å². The van der Waals surface area contributed by atoms with Gasteiger partial charge < -0.3 is 14.8 Å². The van der Waals surface area contributed by atoms with Crippen molar-refractivity contribution in [3.63, 3.8) is 0 Å². The maximum atomic E-state index is 12.1. The summed E-state index contributed by atoms with van der Waals surface area (Å²) in [6.45, 7) is 7.37. The minimum atomic E-state index is -0.397. The zero-order valence-electron chi connectivity index (χ0n) is 15.0. The highest BCUT2D eigenvalue weighted by Crippen LogP contribution is 2.27. The lowest BCUT2D eigenvalue weighted by Crippen LogP contribution is -2.41. The van der Waals surface area contributed by atoms with E-state index in [2.05, 4.69) is 15.8 Å². The Balaban J connectivity index is 2.69. The molecule has 132 valence electrons. The Kier molecular flexibility index (Phi) is 6.76. The average Bonchev–Trinajstić information content (AvgIpc) is 2.49. The van der Waals surface area contributed by atoms with Crippen LogP contribution in [-0.4, -0.2) is 37.3 Å². The van der Waals surface area contributed by atoms with Crippen molar-refractivity contribution in [1.29, 1.82) is 0 Å². The van der Waals surface area contributed by atoms with E-state index < -0.39 is 5.91 Å². The number of carbonyl (C=O) groups is 2. The van der Waals surface area contributed by atoms with Crippen LogP contribution >= 0.6 is 0 Å². The highest BCUT2D eigenvalue weighted by molar-refractivity contribution is 6.01. The van der Waals surface area contributed by atoms with Crippen LogP contribution in [0.25, 0.3) is 0 Å². The molecule has 2 N–H and O–H groups in total. The fourth-order valence-corrected chi connectivity index (χ4v) is 1.92. The molecule has 0 aliphatic carbocycles. The Labute approximate surface area is 142 Å². The van der Waals surface area contributed by atoms with Gasteiger partial charge in [-0.05, 0) is 45.9 Å². The molecule has 7 heteroatoms. The number of methoxy groups -OCH3 is 2. The lowest BCUT2D eigenvalue weighted by atomic mass is 10.1. The van der Waals surface area contributed by atoms with Crippen molar-refractivity contribution < 1.29 is 19.1 Å². The van der Waals surface area contributed by atoms with E-state index in [1.807, 2.05) is 20.8 Å². The van der Waals surface area contributed by atoms with Crippen LogP contribution in [0.4, 0.5) is 0 Å². The number of benzene rings is 1. The molecule has 7 nitrogen and oxygen atoms in total. The number of hydrogen-bond acceptors (Lipinski definition) is 5. The monoisotopic (exact) mass is 335 g/mol. The zero-order valence-corrected chi connectivity index (χ0v) is 15.0. The SMILES string of the molecule is COc1ccc(C(=O)NN=C(C)CC(=O)NC(C)(C)C)cc1OC. The minimum absolute atomic E-state index is 0.115. The van der Waals surface area contributed by atoms with Crippen LogP contribution in [-0.2, 0) is 4.79 Å². The van der Waals surface area contributed by atoms with Gasteiger partial charge in [-0.15, -0.1) is 0 Å². The molecule has 0 atom stereocenters. The second-order valence-electron chi connectivity index (χ2n) is 6.33. The van der Waals surface area contributed by atoms with Crippen molar-refractivity contribution in [2.75, 3.05) is 14.2 Å². The lowest BCUT2D eigenvalue weighted by molar-refractivity contribution is -0.121. The molecule has 0 heterocycles. The van der Waals surface area contributed by atoms with Gasteiger partial charge in [0.1, 0.15) is 0 Å². The second kappa shape index (κ2) is 8.33. The Hall–Kier alpha value is -2.57. The average molecular weight is 335 g/mol. The molecule has 1 aromatic carbocycles. The molecule has 0 unspecified atom stereocenters.